The van der Waals surface area contributed by atoms with Gasteiger partial charge < -0.3 is 9.47 Å². The van der Waals surface area contributed by atoms with Crippen LogP contribution >= 0.6 is 0 Å². The highest BCUT2D eigenvalue weighted by Crippen LogP contribution is 2.33. The molecule has 1 amide bonds. The van der Waals surface area contributed by atoms with Gasteiger partial charge in [0.05, 0.1) is 26.0 Å². The average Bonchev–Trinajstić information content (AvgIpc) is 2.48. The molecule has 0 aromatic rings. The molecular weight excluding hydrogens is 244 g/mol. The maximum absolute atomic E-state index is 13.3. The van der Waals surface area contributed by atoms with Gasteiger partial charge in [-0.15, -0.1) is 0 Å². The summed E-state index contributed by atoms with van der Waals surface area (Å²) in [6.45, 7) is 4.46. The number of likely N-dealkylation sites (tertiary alicyclic amines) is 1. The molecule has 1 rings (SSSR count). The Morgan fingerprint density at radius 3 is 2.56 bits per heavy atom. The van der Waals surface area contributed by atoms with E-state index in [1.807, 2.05) is 0 Å². The van der Waals surface area contributed by atoms with E-state index in [4.69, 9.17) is 9.47 Å². The maximum atomic E-state index is 13.3. The van der Waals surface area contributed by atoms with Crippen LogP contribution in [0, 0.1) is 0 Å². The third-order valence-corrected chi connectivity index (χ3v) is 2.37. The van der Waals surface area contributed by atoms with Gasteiger partial charge in [0.2, 0.25) is 0 Å². The second kappa shape index (κ2) is 5.12. The van der Waals surface area contributed by atoms with Crippen molar-refractivity contribution < 1.29 is 23.0 Å². The smallest absolute Gasteiger partial charge is 0.410 e. The second-order valence-corrected chi connectivity index (χ2v) is 5.30. The number of hydrogen-bond acceptors (Lipinski definition) is 3. The summed E-state index contributed by atoms with van der Waals surface area (Å²) in [7, 11) is 1.42. The zero-order chi connectivity index (χ0) is 14.0. The van der Waals surface area contributed by atoms with Crippen molar-refractivity contribution in [3.8, 4) is 0 Å². The molecule has 1 saturated heterocycles. The van der Waals surface area contributed by atoms with Crippen molar-refractivity contribution >= 4 is 6.09 Å². The van der Waals surface area contributed by atoms with Gasteiger partial charge in [-0.2, -0.15) is 0 Å². The normalized spacial score (nSPS) is 23.4. The maximum Gasteiger partial charge on any atom is 0.410 e. The van der Waals surface area contributed by atoms with Crippen molar-refractivity contribution in [2.45, 2.75) is 44.8 Å². The first-order valence-electron chi connectivity index (χ1n) is 5.71. The number of hydrogen-bond donors (Lipinski definition) is 0. The summed E-state index contributed by atoms with van der Waals surface area (Å²) in [5.74, 6) is -2.89. The van der Waals surface area contributed by atoms with Gasteiger partial charge in [-0.3, -0.25) is 4.90 Å². The molecule has 1 unspecified atom stereocenters. The molecule has 0 aromatic heterocycles. The lowest BCUT2D eigenvalue weighted by Gasteiger charge is -2.26. The Kier molecular flexibility index (Phi) is 4.19. The highest BCUT2D eigenvalue weighted by molar-refractivity contribution is 5.69. The van der Waals surface area contributed by atoms with Gasteiger partial charge in [0, 0.05) is 6.42 Å². The van der Waals surface area contributed by atoms with Crippen LogP contribution in [0.5, 0.6) is 0 Å². The van der Waals surface area contributed by atoms with Crippen LogP contribution in [-0.4, -0.2) is 42.2 Å². The Bertz CT molecular complexity index is 337. The Morgan fingerprint density at radius 2 is 2.06 bits per heavy atom. The molecule has 1 aliphatic rings. The van der Waals surface area contributed by atoms with Gasteiger partial charge in [0.1, 0.15) is 5.60 Å². The van der Waals surface area contributed by atoms with Crippen LogP contribution in [0.4, 0.5) is 13.6 Å². The van der Waals surface area contributed by atoms with Crippen LogP contribution in [0.2, 0.25) is 0 Å². The number of halogens is 2. The van der Waals surface area contributed by atoms with E-state index in [9.17, 15) is 13.6 Å². The Labute approximate surface area is 106 Å². The highest BCUT2D eigenvalue weighted by atomic mass is 19.3. The van der Waals surface area contributed by atoms with Crippen molar-refractivity contribution in [3.05, 3.63) is 12.3 Å². The summed E-state index contributed by atoms with van der Waals surface area (Å²) in [5, 5.41) is 0. The summed E-state index contributed by atoms with van der Waals surface area (Å²) in [5.41, 5.74) is -0.704. The largest absolute Gasteiger partial charge is 0.505 e. The molecule has 6 heteroatoms. The quantitative estimate of drug-likeness (QED) is 0.719. The highest BCUT2D eigenvalue weighted by Gasteiger charge is 2.47. The number of nitrogens with zero attached hydrogens (tertiary/aromatic N) is 1. The van der Waals surface area contributed by atoms with Crippen LogP contribution in [0.1, 0.15) is 27.2 Å². The van der Waals surface area contributed by atoms with E-state index in [1.165, 1.54) is 19.4 Å². The van der Waals surface area contributed by atoms with Crippen LogP contribution in [-0.2, 0) is 9.47 Å². The molecule has 0 bridgehead atoms. The third-order valence-electron chi connectivity index (χ3n) is 2.37. The summed E-state index contributed by atoms with van der Waals surface area (Å²) in [4.78, 5) is 12.8. The predicted octanol–water partition coefficient (Wildman–Crippen LogP) is 2.79. The van der Waals surface area contributed by atoms with Crippen molar-refractivity contribution in [2.24, 2.45) is 0 Å². The van der Waals surface area contributed by atoms with E-state index < -0.39 is 36.6 Å². The number of amides is 1. The molecule has 104 valence electrons. The molecule has 0 N–H and O–H groups in total. The fraction of sp³-hybridized carbons (Fsp3) is 0.750. The van der Waals surface area contributed by atoms with Gasteiger partial charge >= 0.3 is 6.09 Å². The molecule has 0 spiro atoms. The minimum absolute atomic E-state index is 0.411. The van der Waals surface area contributed by atoms with Crippen LogP contribution in [0.15, 0.2) is 12.3 Å². The Morgan fingerprint density at radius 1 is 1.44 bits per heavy atom. The van der Waals surface area contributed by atoms with E-state index in [0.29, 0.717) is 0 Å². The standard InChI is InChI=1S/C12H19F2NO3/c1-11(2,3)18-10(16)15-8-12(13,14)7-9(15)5-6-17-4/h5-6,9H,7-8H2,1-4H3/b6-5+. The molecule has 0 saturated carbocycles. The first-order valence-corrected chi connectivity index (χ1v) is 5.71. The van der Waals surface area contributed by atoms with Crippen LogP contribution in [0.25, 0.3) is 0 Å². The van der Waals surface area contributed by atoms with Crippen LogP contribution in [0.3, 0.4) is 0 Å². The monoisotopic (exact) mass is 263 g/mol. The Hall–Kier alpha value is -1.33. The summed E-state index contributed by atoms with van der Waals surface area (Å²) in [6.07, 6.45) is 1.59. The van der Waals surface area contributed by atoms with E-state index >= 15 is 0 Å². The first kappa shape index (κ1) is 14.7. The first-order chi connectivity index (χ1) is 8.14. The van der Waals surface area contributed by atoms with Gasteiger partial charge in [-0.05, 0) is 26.8 Å². The lowest BCUT2D eigenvalue weighted by molar-refractivity contribution is -0.00218. The number of alkyl halides is 2. The molecule has 4 nitrogen and oxygen atoms in total. The fourth-order valence-corrected chi connectivity index (χ4v) is 1.71. The predicted molar refractivity (Wildman–Crippen MR) is 62.4 cm³/mol. The summed E-state index contributed by atoms with van der Waals surface area (Å²) in [6, 6.07) is -0.699. The van der Waals surface area contributed by atoms with E-state index in [0.717, 1.165) is 4.90 Å². The molecular formula is C12H19F2NO3. The minimum atomic E-state index is -2.89. The number of rotatable bonds is 2. The van der Waals surface area contributed by atoms with E-state index in [2.05, 4.69) is 0 Å². The minimum Gasteiger partial charge on any atom is -0.505 e. The second-order valence-electron chi connectivity index (χ2n) is 5.30. The molecule has 1 heterocycles. The number of methoxy groups -OCH3 is 1. The molecule has 0 aromatic carbocycles. The SMILES string of the molecule is CO/C=C/C1CC(F)(F)CN1C(=O)OC(C)(C)C. The van der Waals surface area contributed by atoms with Gasteiger partial charge in [-0.1, -0.05) is 0 Å². The molecule has 1 aliphatic heterocycles. The van der Waals surface area contributed by atoms with Crippen molar-refractivity contribution in [3.63, 3.8) is 0 Å². The van der Waals surface area contributed by atoms with Crippen molar-refractivity contribution in [1.29, 1.82) is 0 Å². The summed E-state index contributed by atoms with van der Waals surface area (Å²) >= 11 is 0. The molecule has 0 aliphatic carbocycles. The molecule has 1 atom stereocenters. The summed E-state index contributed by atoms with van der Waals surface area (Å²) < 4.78 is 36.5. The fourth-order valence-electron chi connectivity index (χ4n) is 1.71. The lowest BCUT2D eigenvalue weighted by Crippen LogP contribution is -2.40. The zero-order valence-corrected chi connectivity index (χ0v) is 11.1. The topological polar surface area (TPSA) is 38.8 Å². The van der Waals surface area contributed by atoms with Gasteiger partial charge in [0.15, 0.2) is 0 Å². The van der Waals surface area contributed by atoms with E-state index in [1.54, 1.807) is 20.8 Å². The molecule has 18 heavy (non-hydrogen) atoms. The van der Waals surface area contributed by atoms with Crippen molar-refractivity contribution in [1.82, 2.24) is 4.90 Å². The third kappa shape index (κ3) is 4.16. The van der Waals surface area contributed by atoms with E-state index in [-0.39, 0.29) is 0 Å². The van der Waals surface area contributed by atoms with Gasteiger partial charge in [0.25, 0.3) is 5.92 Å². The van der Waals surface area contributed by atoms with Crippen LogP contribution < -0.4 is 0 Å². The zero-order valence-electron chi connectivity index (χ0n) is 11.1. The Balaban J connectivity index is 2.77. The van der Waals surface area contributed by atoms with Gasteiger partial charge in [-0.25, -0.2) is 13.6 Å². The number of ether oxygens (including phenoxy) is 2. The number of carbonyl (C=O) groups excluding carboxylic acids is 1. The van der Waals surface area contributed by atoms with Crippen molar-refractivity contribution in [2.75, 3.05) is 13.7 Å². The average molecular weight is 263 g/mol. The molecule has 1 fully saturated rings. The molecule has 0 radical (unpaired) electrons. The number of carbonyl (C=O) groups is 1. The lowest BCUT2D eigenvalue weighted by atomic mass is 10.2.